The van der Waals surface area contributed by atoms with Crippen molar-refractivity contribution in [3.05, 3.63) is 131 Å². The van der Waals surface area contributed by atoms with Crippen LogP contribution < -0.4 is 9.62 Å². The molecule has 47 heavy (non-hydrogen) atoms. The molecule has 0 unspecified atom stereocenters. The average molecular weight is 676 g/mol. The molecule has 0 aliphatic heterocycles. The molecule has 1 N–H and O–H groups in total. The molecule has 10 heteroatoms. The Morgan fingerprint density at radius 1 is 0.872 bits per heavy atom. The van der Waals surface area contributed by atoms with E-state index in [1.807, 2.05) is 37.3 Å². The first-order valence-corrected chi connectivity index (χ1v) is 17.7. The van der Waals surface area contributed by atoms with Gasteiger partial charge in [0.15, 0.2) is 0 Å². The van der Waals surface area contributed by atoms with Gasteiger partial charge < -0.3 is 10.2 Å². The molecule has 1 fully saturated rings. The van der Waals surface area contributed by atoms with Crippen LogP contribution in [0.2, 0.25) is 5.02 Å². The predicted molar refractivity (Wildman–Crippen MR) is 183 cm³/mol. The van der Waals surface area contributed by atoms with Gasteiger partial charge in [0.25, 0.3) is 10.0 Å². The summed E-state index contributed by atoms with van der Waals surface area (Å²) in [4.78, 5) is 30.2. The van der Waals surface area contributed by atoms with Gasteiger partial charge in [-0.05, 0) is 73.4 Å². The lowest BCUT2D eigenvalue weighted by Crippen LogP contribution is -2.55. The van der Waals surface area contributed by atoms with Gasteiger partial charge in [0.2, 0.25) is 11.8 Å². The number of hydrogen-bond donors (Lipinski definition) is 1. The molecular formula is C37H39ClFN3O4S. The van der Waals surface area contributed by atoms with Crippen molar-refractivity contribution in [2.24, 2.45) is 0 Å². The van der Waals surface area contributed by atoms with Crippen LogP contribution in [0.1, 0.15) is 48.8 Å². The van der Waals surface area contributed by atoms with Crippen LogP contribution in [0.25, 0.3) is 0 Å². The van der Waals surface area contributed by atoms with Gasteiger partial charge in [-0.15, -0.1) is 0 Å². The van der Waals surface area contributed by atoms with Crippen LogP contribution >= 0.6 is 11.6 Å². The van der Waals surface area contributed by atoms with Gasteiger partial charge in [0.05, 0.1) is 10.6 Å². The Hall–Kier alpha value is -4.21. The minimum absolute atomic E-state index is 0.00980. The fourth-order valence-corrected chi connectivity index (χ4v) is 7.49. The monoisotopic (exact) mass is 675 g/mol. The second-order valence-electron chi connectivity index (χ2n) is 12.0. The lowest BCUT2D eigenvalue weighted by molar-refractivity contribution is -0.140. The van der Waals surface area contributed by atoms with Crippen molar-refractivity contribution >= 4 is 39.1 Å². The molecule has 1 saturated carbocycles. The molecular weight excluding hydrogens is 637 g/mol. The number of amides is 2. The first kappa shape index (κ1) is 34.1. The maximum atomic E-state index is 14.6. The van der Waals surface area contributed by atoms with E-state index >= 15 is 0 Å². The third-order valence-electron chi connectivity index (χ3n) is 8.52. The molecule has 0 aromatic heterocycles. The number of benzene rings is 4. The van der Waals surface area contributed by atoms with Crippen LogP contribution in [-0.2, 0) is 32.6 Å². The quantitative estimate of drug-likeness (QED) is 0.174. The zero-order chi connectivity index (χ0) is 33.4. The van der Waals surface area contributed by atoms with E-state index in [4.69, 9.17) is 11.6 Å². The van der Waals surface area contributed by atoms with Crippen LogP contribution in [0.15, 0.2) is 108 Å². The first-order valence-electron chi connectivity index (χ1n) is 15.8. The fourth-order valence-electron chi connectivity index (χ4n) is 5.88. The summed E-state index contributed by atoms with van der Waals surface area (Å²) in [6, 6.07) is 26.7. The Morgan fingerprint density at radius 3 is 2.17 bits per heavy atom. The molecule has 0 saturated heterocycles. The van der Waals surface area contributed by atoms with Gasteiger partial charge in [-0.25, -0.2) is 12.8 Å². The van der Waals surface area contributed by atoms with E-state index in [0.717, 1.165) is 59.7 Å². The van der Waals surface area contributed by atoms with Crippen LogP contribution in [0.3, 0.4) is 0 Å². The number of nitrogens with zero attached hydrogens (tertiary/aromatic N) is 2. The maximum Gasteiger partial charge on any atom is 0.264 e. The highest BCUT2D eigenvalue weighted by Crippen LogP contribution is 2.27. The van der Waals surface area contributed by atoms with E-state index in [1.165, 1.54) is 29.2 Å². The van der Waals surface area contributed by atoms with E-state index in [-0.39, 0.29) is 35.5 Å². The summed E-state index contributed by atoms with van der Waals surface area (Å²) < 4.78 is 43.2. The van der Waals surface area contributed by atoms with Crippen molar-refractivity contribution < 1.29 is 22.4 Å². The van der Waals surface area contributed by atoms with Gasteiger partial charge in [-0.1, -0.05) is 97.1 Å². The number of carbonyl (C=O) groups is 2. The lowest BCUT2D eigenvalue weighted by Gasteiger charge is -2.35. The molecule has 0 bridgehead atoms. The summed E-state index contributed by atoms with van der Waals surface area (Å²) in [6.45, 7) is 1.18. The SMILES string of the molecule is Cc1ccc(S(=O)(=O)N(CC(=O)N(Cc2ccccc2Cl)[C@@H](Cc2ccccc2)C(=O)NC2CCCCC2)c2ccc(F)cc2)cc1. The van der Waals surface area contributed by atoms with Gasteiger partial charge >= 0.3 is 0 Å². The molecule has 246 valence electrons. The summed E-state index contributed by atoms with van der Waals surface area (Å²) in [7, 11) is -4.28. The smallest absolute Gasteiger partial charge is 0.264 e. The van der Waals surface area contributed by atoms with E-state index in [9.17, 15) is 22.4 Å². The molecule has 4 aromatic carbocycles. The summed E-state index contributed by atoms with van der Waals surface area (Å²) in [5.41, 5.74) is 2.44. The largest absolute Gasteiger partial charge is 0.352 e. The number of rotatable bonds is 12. The zero-order valence-corrected chi connectivity index (χ0v) is 27.9. The molecule has 1 aliphatic carbocycles. The molecule has 2 amide bonds. The number of hydrogen-bond acceptors (Lipinski definition) is 4. The summed E-state index contributed by atoms with van der Waals surface area (Å²) in [6.07, 6.45) is 5.06. The standard InChI is InChI=1S/C37H39ClFN3O4S/c1-27-16-22-33(23-17-27)47(45,46)42(32-20-18-30(39)19-21-32)26-36(43)41(25-29-12-8-9-15-34(29)38)35(24-28-10-4-2-5-11-28)37(44)40-31-13-6-3-7-14-31/h2,4-5,8-12,15-23,31,35H,3,6-7,13-14,24-26H2,1H3,(H,40,44)/t35-/m0/s1. The molecule has 0 heterocycles. The van der Waals surface area contributed by atoms with Gasteiger partial charge in [-0.3, -0.25) is 13.9 Å². The molecule has 7 nitrogen and oxygen atoms in total. The fraction of sp³-hybridized carbons (Fsp3) is 0.297. The topological polar surface area (TPSA) is 86.8 Å². The number of carbonyl (C=O) groups excluding carboxylic acids is 2. The van der Waals surface area contributed by atoms with Gasteiger partial charge in [-0.2, -0.15) is 0 Å². The minimum Gasteiger partial charge on any atom is -0.352 e. The van der Waals surface area contributed by atoms with Crippen molar-refractivity contribution in [2.45, 2.75) is 69.0 Å². The third-order valence-corrected chi connectivity index (χ3v) is 10.7. The van der Waals surface area contributed by atoms with Crippen LogP contribution in [-0.4, -0.2) is 43.8 Å². The minimum atomic E-state index is -4.28. The first-order chi connectivity index (χ1) is 22.6. The van der Waals surface area contributed by atoms with Crippen molar-refractivity contribution in [1.29, 1.82) is 0 Å². The number of aryl methyl sites for hydroxylation is 1. The van der Waals surface area contributed by atoms with E-state index < -0.39 is 34.3 Å². The molecule has 0 spiro atoms. The second-order valence-corrected chi connectivity index (χ2v) is 14.2. The van der Waals surface area contributed by atoms with Gasteiger partial charge in [0.1, 0.15) is 18.4 Å². The Morgan fingerprint density at radius 2 is 1.51 bits per heavy atom. The highest BCUT2D eigenvalue weighted by Gasteiger charge is 2.35. The molecule has 0 radical (unpaired) electrons. The average Bonchev–Trinajstić information content (AvgIpc) is 3.07. The number of sulfonamides is 1. The maximum absolute atomic E-state index is 14.6. The normalized spacial score (nSPS) is 14.3. The molecule has 1 aliphatic rings. The molecule has 4 aromatic rings. The van der Waals surface area contributed by atoms with Crippen molar-refractivity contribution in [3.63, 3.8) is 0 Å². The van der Waals surface area contributed by atoms with Crippen molar-refractivity contribution in [3.8, 4) is 0 Å². The highest BCUT2D eigenvalue weighted by atomic mass is 35.5. The Balaban J connectivity index is 1.56. The molecule has 1 atom stereocenters. The van der Waals surface area contributed by atoms with E-state index in [1.54, 1.807) is 36.4 Å². The second kappa shape index (κ2) is 15.6. The number of halogens is 2. The Bertz CT molecular complexity index is 1760. The van der Waals surface area contributed by atoms with Crippen LogP contribution in [0.5, 0.6) is 0 Å². The van der Waals surface area contributed by atoms with Gasteiger partial charge in [0, 0.05) is 24.0 Å². The Kier molecular flexibility index (Phi) is 11.3. The van der Waals surface area contributed by atoms with Crippen molar-refractivity contribution in [2.75, 3.05) is 10.8 Å². The van der Waals surface area contributed by atoms with Crippen LogP contribution in [0.4, 0.5) is 10.1 Å². The number of anilines is 1. The van der Waals surface area contributed by atoms with E-state index in [2.05, 4.69) is 5.32 Å². The predicted octanol–water partition coefficient (Wildman–Crippen LogP) is 7.07. The number of nitrogens with one attached hydrogen (secondary N) is 1. The highest BCUT2D eigenvalue weighted by molar-refractivity contribution is 7.92. The molecule has 5 rings (SSSR count). The summed E-state index contributed by atoms with van der Waals surface area (Å²) in [5.74, 6) is -1.46. The Labute approximate surface area is 281 Å². The summed E-state index contributed by atoms with van der Waals surface area (Å²) >= 11 is 6.57. The van der Waals surface area contributed by atoms with Crippen LogP contribution in [0, 0.1) is 12.7 Å². The summed E-state index contributed by atoms with van der Waals surface area (Å²) in [5, 5.41) is 3.60. The van der Waals surface area contributed by atoms with E-state index in [0.29, 0.717) is 10.6 Å². The van der Waals surface area contributed by atoms with Crippen molar-refractivity contribution in [1.82, 2.24) is 10.2 Å². The lowest BCUT2D eigenvalue weighted by atomic mass is 9.94. The zero-order valence-electron chi connectivity index (χ0n) is 26.3. The third kappa shape index (κ3) is 8.78.